The molecule has 1 heterocycles. The summed E-state index contributed by atoms with van der Waals surface area (Å²) in [5.74, 6) is 0.923. The third-order valence-corrected chi connectivity index (χ3v) is 4.16. The van der Waals surface area contributed by atoms with Gasteiger partial charge in [0.15, 0.2) is 0 Å². The molecule has 1 aromatic carbocycles. The van der Waals surface area contributed by atoms with E-state index < -0.39 is 10.8 Å². The van der Waals surface area contributed by atoms with Crippen LogP contribution in [0.15, 0.2) is 51.8 Å². The van der Waals surface area contributed by atoms with Gasteiger partial charge in [0.05, 0.1) is 29.4 Å². The molecule has 0 N–H and O–H groups in total. The SMILES string of the molecule is COc1cccc(C[S@](=O)c2cccc(Br)c2)n1. The first kappa shape index (κ1) is 13.2. The van der Waals surface area contributed by atoms with E-state index in [1.165, 1.54) is 0 Å². The molecule has 0 aliphatic rings. The molecule has 0 spiro atoms. The van der Waals surface area contributed by atoms with Crippen LogP contribution in [0.25, 0.3) is 0 Å². The van der Waals surface area contributed by atoms with Crippen LogP contribution in [0, 0.1) is 0 Å². The second-order valence-electron chi connectivity index (χ2n) is 3.62. The molecular formula is C13H12BrNO2S. The van der Waals surface area contributed by atoms with Gasteiger partial charge in [0.1, 0.15) is 0 Å². The first-order chi connectivity index (χ1) is 8.69. The lowest BCUT2D eigenvalue weighted by Crippen LogP contribution is -2.00. The molecule has 5 heteroatoms. The Bertz CT molecular complexity index is 574. The molecule has 0 bridgehead atoms. The molecule has 2 aromatic rings. The molecule has 1 atom stereocenters. The zero-order valence-corrected chi connectivity index (χ0v) is 12.2. The van der Waals surface area contributed by atoms with Crippen molar-refractivity contribution in [3.05, 3.63) is 52.6 Å². The van der Waals surface area contributed by atoms with Crippen molar-refractivity contribution in [2.45, 2.75) is 10.6 Å². The summed E-state index contributed by atoms with van der Waals surface area (Å²) in [6, 6.07) is 12.9. The number of aromatic nitrogens is 1. The summed E-state index contributed by atoms with van der Waals surface area (Å²) in [7, 11) is 0.464. The third kappa shape index (κ3) is 3.40. The molecule has 18 heavy (non-hydrogen) atoms. The highest BCUT2D eigenvalue weighted by atomic mass is 79.9. The van der Waals surface area contributed by atoms with Crippen molar-refractivity contribution in [3.8, 4) is 5.88 Å². The van der Waals surface area contributed by atoms with Gasteiger partial charge >= 0.3 is 0 Å². The Balaban J connectivity index is 2.16. The van der Waals surface area contributed by atoms with Gasteiger partial charge in [0, 0.05) is 15.4 Å². The van der Waals surface area contributed by atoms with Gasteiger partial charge in [-0.3, -0.25) is 4.21 Å². The summed E-state index contributed by atoms with van der Waals surface area (Å²) in [6.45, 7) is 0. The van der Waals surface area contributed by atoms with E-state index in [1.807, 2.05) is 36.4 Å². The van der Waals surface area contributed by atoms with Crippen molar-refractivity contribution < 1.29 is 8.95 Å². The molecule has 0 fully saturated rings. The standard InChI is InChI=1S/C13H12BrNO2S/c1-17-13-7-3-5-11(15-13)9-18(16)12-6-2-4-10(14)8-12/h2-8H,9H2,1H3/t18-/m0/s1. The Morgan fingerprint density at radius 2 is 2.06 bits per heavy atom. The Hall–Kier alpha value is -1.20. The van der Waals surface area contributed by atoms with Gasteiger partial charge in [-0.2, -0.15) is 0 Å². The van der Waals surface area contributed by atoms with Crippen LogP contribution in [0.1, 0.15) is 5.69 Å². The van der Waals surface area contributed by atoms with Crippen molar-refractivity contribution in [1.82, 2.24) is 4.98 Å². The normalized spacial score (nSPS) is 12.1. The quantitative estimate of drug-likeness (QED) is 0.866. The second kappa shape index (κ2) is 6.11. The largest absolute Gasteiger partial charge is 0.481 e. The summed E-state index contributed by atoms with van der Waals surface area (Å²) in [5, 5.41) is 0. The number of hydrogen-bond acceptors (Lipinski definition) is 3. The number of pyridine rings is 1. The smallest absolute Gasteiger partial charge is 0.213 e. The first-order valence-electron chi connectivity index (χ1n) is 5.33. The van der Waals surface area contributed by atoms with E-state index in [9.17, 15) is 4.21 Å². The van der Waals surface area contributed by atoms with Gasteiger partial charge in [0.25, 0.3) is 0 Å². The van der Waals surface area contributed by atoms with Crippen molar-refractivity contribution in [1.29, 1.82) is 0 Å². The highest BCUT2D eigenvalue weighted by Crippen LogP contribution is 2.17. The summed E-state index contributed by atoms with van der Waals surface area (Å²) in [6.07, 6.45) is 0. The Morgan fingerprint density at radius 3 is 2.78 bits per heavy atom. The molecule has 0 aliphatic carbocycles. The monoisotopic (exact) mass is 325 g/mol. The van der Waals surface area contributed by atoms with Crippen LogP contribution in [-0.2, 0) is 16.6 Å². The maximum atomic E-state index is 12.2. The zero-order valence-electron chi connectivity index (χ0n) is 9.80. The summed E-state index contributed by atoms with van der Waals surface area (Å²) in [5.41, 5.74) is 0.757. The Labute approximate surface area is 117 Å². The lowest BCUT2D eigenvalue weighted by atomic mass is 10.4. The summed E-state index contributed by atoms with van der Waals surface area (Å²) < 4.78 is 18.1. The first-order valence-corrected chi connectivity index (χ1v) is 7.44. The van der Waals surface area contributed by atoms with Gasteiger partial charge in [-0.15, -0.1) is 0 Å². The van der Waals surface area contributed by atoms with E-state index in [2.05, 4.69) is 20.9 Å². The molecule has 2 rings (SSSR count). The minimum absolute atomic E-state index is 0.383. The fraction of sp³-hybridized carbons (Fsp3) is 0.154. The van der Waals surface area contributed by atoms with Crippen molar-refractivity contribution in [2.24, 2.45) is 0 Å². The number of nitrogens with zero attached hydrogens (tertiary/aromatic N) is 1. The molecule has 0 amide bonds. The van der Waals surface area contributed by atoms with Crippen LogP contribution < -0.4 is 4.74 Å². The van der Waals surface area contributed by atoms with Crippen LogP contribution in [0.3, 0.4) is 0 Å². The van der Waals surface area contributed by atoms with Gasteiger partial charge in [-0.05, 0) is 24.3 Å². The van der Waals surface area contributed by atoms with E-state index >= 15 is 0 Å². The fourth-order valence-corrected chi connectivity index (χ4v) is 3.11. The van der Waals surface area contributed by atoms with E-state index in [0.29, 0.717) is 11.6 Å². The van der Waals surface area contributed by atoms with Crippen LogP contribution in [-0.4, -0.2) is 16.3 Å². The molecule has 0 unspecified atom stereocenters. The predicted molar refractivity (Wildman–Crippen MR) is 75.0 cm³/mol. The molecular weight excluding hydrogens is 314 g/mol. The van der Waals surface area contributed by atoms with E-state index in [4.69, 9.17) is 4.74 Å². The van der Waals surface area contributed by atoms with Gasteiger partial charge in [0.2, 0.25) is 5.88 Å². The van der Waals surface area contributed by atoms with Crippen molar-refractivity contribution >= 4 is 26.7 Å². The van der Waals surface area contributed by atoms with Crippen molar-refractivity contribution in [2.75, 3.05) is 7.11 Å². The molecule has 0 saturated heterocycles. The van der Waals surface area contributed by atoms with E-state index in [0.717, 1.165) is 15.1 Å². The Kier molecular flexibility index (Phi) is 4.49. The molecule has 1 aromatic heterocycles. The van der Waals surface area contributed by atoms with Gasteiger partial charge in [-0.25, -0.2) is 4.98 Å². The Morgan fingerprint density at radius 1 is 1.28 bits per heavy atom. The summed E-state index contributed by atoms with van der Waals surface area (Å²) in [4.78, 5) is 5.04. The van der Waals surface area contributed by atoms with Crippen LogP contribution in [0.2, 0.25) is 0 Å². The maximum absolute atomic E-state index is 12.2. The van der Waals surface area contributed by atoms with E-state index in [1.54, 1.807) is 13.2 Å². The molecule has 94 valence electrons. The number of halogens is 1. The second-order valence-corrected chi connectivity index (χ2v) is 5.99. The minimum atomic E-state index is -1.10. The average Bonchev–Trinajstić information content (AvgIpc) is 2.39. The number of methoxy groups -OCH3 is 1. The zero-order chi connectivity index (χ0) is 13.0. The molecule has 0 radical (unpaired) electrons. The minimum Gasteiger partial charge on any atom is -0.481 e. The lowest BCUT2D eigenvalue weighted by Gasteiger charge is -2.04. The molecule has 0 aliphatic heterocycles. The van der Waals surface area contributed by atoms with Gasteiger partial charge < -0.3 is 4.74 Å². The van der Waals surface area contributed by atoms with Gasteiger partial charge in [-0.1, -0.05) is 28.1 Å². The fourth-order valence-electron chi connectivity index (χ4n) is 1.48. The van der Waals surface area contributed by atoms with Crippen LogP contribution in [0.4, 0.5) is 0 Å². The topological polar surface area (TPSA) is 39.2 Å². The van der Waals surface area contributed by atoms with Crippen LogP contribution >= 0.6 is 15.9 Å². The molecule has 3 nitrogen and oxygen atoms in total. The highest BCUT2D eigenvalue weighted by molar-refractivity contribution is 9.10. The van der Waals surface area contributed by atoms with E-state index in [-0.39, 0.29) is 0 Å². The van der Waals surface area contributed by atoms with Crippen LogP contribution in [0.5, 0.6) is 5.88 Å². The number of ether oxygens (including phenoxy) is 1. The lowest BCUT2D eigenvalue weighted by molar-refractivity contribution is 0.397. The molecule has 0 saturated carbocycles. The maximum Gasteiger partial charge on any atom is 0.213 e. The van der Waals surface area contributed by atoms with Crippen molar-refractivity contribution in [3.63, 3.8) is 0 Å². The highest BCUT2D eigenvalue weighted by Gasteiger charge is 2.07. The summed E-state index contributed by atoms with van der Waals surface area (Å²) >= 11 is 3.37. The third-order valence-electron chi connectivity index (χ3n) is 2.33. The number of rotatable bonds is 4. The number of benzene rings is 1. The average molecular weight is 326 g/mol. The number of hydrogen-bond donors (Lipinski definition) is 0. The predicted octanol–water partition coefficient (Wildman–Crippen LogP) is 3.16.